The molecular formula is C26H30N4O3. The molecule has 1 N–H and O–H groups in total. The number of benzene rings is 1. The Morgan fingerprint density at radius 2 is 2.06 bits per heavy atom. The SMILES string of the molecule is COc1cccc(Cc2cccc([C@@H]3CN(C(=O)c4n[nH]c5c4CCCCC5)CCO3)n2)c1. The summed E-state index contributed by atoms with van der Waals surface area (Å²) in [4.78, 5) is 20.1. The number of aromatic nitrogens is 3. The van der Waals surface area contributed by atoms with Crippen LogP contribution in [0.25, 0.3) is 0 Å². The molecule has 0 bridgehead atoms. The third-order valence-electron chi connectivity index (χ3n) is 6.54. The molecule has 1 aromatic carbocycles. The number of nitrogens with zero attached hydrogens (tertiary/aromatic N) is 3. The lowest BCUT2D eigenvalue weighted by Crippen LogP contribution is -2.43. The number of H-pyrrole nitrogens is 1. The lowest BCUT2D eigenvalue weighted by Gasteiger charge is -2.32. The minimum absolute atomic E-state index is 0.00441. The van der Waals surface area contributed by atoms with Crippen LogP contribution >= 0.6 is 0 Å². The Bertz CT molecular complexity index is 1130. The van der Waals surface area contributed by atoms with Crippen molar-refractivity contribution >= 4 is 5.91 Å². The number of ether oxygens (including phenoxy) is 2. The quantitative estimate of drug-likeness (QED) is 0.602. The molecule has 1 fully saturated rings. The average Bonchev–Trinajstić information content (AvgIpc) is 3.11. The van der Waals surface area contributed by atoms with Crippen molar-refractivity contribution in [2.45, 2.75) is 44.6 Å². The van der Waals surface area contributed by atoms with Gasteiger partial charge in [0.2, 0.25) is 0 Å². The first-order valence-corrected chi connectivity index (χ1v) is 11.8. The maximum atomic E-state index is 13.3. The fourth-order valence-electron chi connectivity index (χ4n) is 4.76. The summed E-state index contributed by atoms with van der Waals surface area (Å²) >= 11 is 0. The van der Waals surface area contributed by atoms with E-state index < -0.39 is 0 Å². The smallest absolute Gasteiger partial charge is 0.274 e. The highest BCUT2D eigenvalue weighted by molar-refractivity contribution is 5.94. The van der Waals surface area contributed by atoms with Crippen LogP contribution in [-0.2, 0) is 24.0 Å². The third-order valence-corrected chi connectivity index (χ3v) is 6.54. The van der Waals surface area contributed by atoms with Crippen molar-refractivity contribution < 1.29 is 14.3 Å². The first kappa shape index (κ1) is 21.6. The minimum atomic E-state index is -0.245. The molecule has 7 heteroatoms. The Balaban J connectivity index is 1.30. The summed E-state index contributed by atoms with van der Waals surface area (Å²) in [5.41, 5.74) is 5.79. The van der Waals surface area contributed by atoms with E-state index in [9.17, 15) is 4.79 Å². The molecule has 0 saturated carbocycles. The monoisotopic (exact) mass is 446 g/mol. The Labute approximate surface area is 194 Å². The number of pyridine rings is 1. The van der Waals surface area contributed by atoms with Crippen LogP contribution in [0.4, 0.5) is 0 Å². The first-order valence-electron chi connectivity index (χ1n) is 11.8. The van der Waals surface area contributed by atoms with Crippen molar-refractivity contribution in [3.63, 3.8) is 0 Å². The fraction of sp³-hybridized carbons (Fsp3) is 0.423. The fourth-order valence-corrected chi connectivity index (χ4v) is 4.76. The van der Waals surface area contributed by atoms with Crippen molar-refractivity contribution in [2.75, 3.05) is 26.8 Å². The van der Waals surface area contributed by atoms with Crippen LogP contribution in [0.15, 0.2) is 42.5 Å². The highest BCUT2D eigenvalue weighted by atomic mass is 16.5. The number of amides is 1. The Kier molecular flexibility index (Phi) is 6.39. The predicted octanol–water partition coefficient (Wildman–Crippen LogP) is 3.89. The molecule has 0 unspecified atom stereocenters. The lowest BCUT2D eigenvalue weighted by atomic mass is 10.1. The van der Waals surface area contributed by atoms with Gasteiger partial charge in [0.15, 0.2) is 5.69 Å². The molecule has 5 rings (SSSR count). The Morgan fingerprint density at radius 1 is 1.18 bits per heavy atom. The van der Waals surface area contributed by atoms with Gasteiger partial charge in [-0.15, -0.1) is 0 Å². The second kappa shape index (κ2) is 9.75. The van der Waals surface area contributed by atoms with Crippen molar-refractivity contribution in [1.29, 1.82) is 0 Å². The zero-order valence-corrected chi connectivity index (χ0v) is 19.0. The highest BCUT2D eigenvalue weighted by Crippen LogP contribution is 2.26. The third kappa shape index (κ3) is 4.78. The zero-order valence-electron chi connectivity index (χ0n) is 19.0. The molecule has 172 valence electrons. The second-order valence-electron chi connectivity index (χ2n) is 8.78. The Morgan fingerprint density at radius 3 is 2.97 bits per heavy atom. The molecule has 1 atom stereocenters. The van der Waals surface area contributed by atoms with Gasteiger partial charge in [0.1, 0.15) is 11.9 Å². The molecule has 2 aromatic heterocycles. The van der Waals surface area contributed by atoms with E-state index in [-0.39, 0.29) is 12.0 Å². The first-order chi connectivity index (χ1) is 16.2. The van der Waals surface area contributed by atoms with E-state index in [0.717, 1.165) is 59.6 Å². The molecule has 1 aliphatic carbocycles. The molecule has 1 saturated heterocycles. The van der Waals surface area contributed by atoms with E-state index >= 15 is 0 Å². The van der Waals surface area contributed by atoms with Crippen LogP contribution in [-0.4, -0.2) is 52.8 Å². The molecule has 0 spiro atoms. The van der Waals surface area contributed by atoms with Gasteiger partial charge >= 0.3 is 0 Å². The number of aryl methyl sites for hydroxylation is 1. The number of carbonyl (C=O) groups is 1. The van der Waals surface area contributed by atoms with Gasteiger partial charge in [-0.25, -0.2) is 0 Å². The standard InChI is InChI=1S/C26H30N4O3/c1-32-20-9-5-7-18(16-20)15-19-8-6-12-23(27-19)24-17-30(13-14-33-24)26(31)25-21-10-3-2-4-11-22(21)28-29-25/h5-9,12,16,24H,2-4,10-11,13-15,17H2,1H3,(H,28,29)/t24-/m0/s1. The van der Waals surface area contributed by atoms with Gasteiger partial charge in [-0.3, -0.25) is 14.9 Å². The van der Waals surface area contributed by atoms with Gasteiger partial charge in [0, 0.05) is 29.9 Å². The average molecular weight is 447 g/mol. The molecule has 1 amide bonds. The van der Waals surface area contributed by atoms with E-state index in [0.29, 0.717) is 31.8 Å². The van der Waals surface area contributed by atoms with Crippen molar-refractivity contribution in [1.82, 2.24) is 20.1 Å². The van der Waals surface area contributed by atoms with Crippen LogP contribution in [0.3, 0.4) is 0 Å². The van der Waals surface area contributed by atoms with Gasteiger partial charge in [-0.1, -0.05) is 24.6 Å². The number of hydrogen-bond acceptors (Lipinski definition) is 5. The van der Waals surface area contributed by atoms with E-state index in [1.54, 1.807) is 7.11 Å². The van der Waals surface area contributed by atoms with E-state index in [4.69, 9.17) is 14.5 Å². The maximum Gasteiger partial charge on any atom is 0.274 e. The molecule has 3 heterocycles. The lowest BCUT2D eigenvalue weighted by molar-refractivity contribution is -0.0250. The number of rotatable bonds is 5. The maximum absolute atomic E-state index is 13.3. The number of hydrogen-bond donors (Lipinski definition) is 1. The number of carbonyl (C=O) groups excluding carboxylic acids is 1. The summed E-state index contributed by atoms with van der Waals surface area (Å²) in [6.07, 6.45) is 5.83. The van der Waals surface area contributed by atoms with Gasteiger partial charge < -0.3 is 14.4 Å². The largest absolute Gasteiger partial charge is 0.497 e. The minimum Gasteiger partial charge on any atom is -0.497 e. The van der Waals surface area contributed by atoms with Gasteiger partial charge in [-0.05, 0) is 55.5 Å². The van der Waals surface area contributed by atoms with Crippen LogP contribution in [0, 0.1) is 0 Å². The van der Waals surface area contributed by atoms with E-state index in [1.165, 1.54) is 6.42 Å². The van der Waals surface area contributed by atoms with Crippen LogP contribution in [0.2, 0.25) is 0 Å². The van der Waals surface area contributed by atoms with Gasteiger partial charge in [0.25, 0.3) is 5.91 Å². The van der Waals surface area contributed by atoms with E-state index in [1.807, 2.05) is 41.3 Å². The predicted molar refractivity (Wildman–Crippen MR) is 124 cm³/mol. The summed E-state index contributed by atoms with van der Waals surface area (Å²) in [6.45, 7) is 1.54. The molecule has 3 aromatic rings. The number of nitrogens with one attached hydrogen (secondary N) is 1. The van der Waals surface area contributed by atoms with Crippen LogP contribution in [0.5, 0.6) is 5.75 Å². The normalized spacial score (nSPS) is 18.5. The zero-order chi connectivity index (χ0) is 22.6. The highest BCUT2D eigenvalue weighted by Gasteiger charge is 2.30. The summed E-state index contributed by atoms with van der Waals surface area (Å²) in [5, 5.41) is 7.52. The van der Waals surface area contributed by atoms with Crippen LogP contribution < -0.4 is 4.74 Å². The van der Waals surface area contributed by atoms with Crippen molar-refractivity contribution in [2.24, 2.45) is 0 Å². The topological polar surface area (TPSA) is 80.3 Å². The number of aromatic amines is 1. The number of morpholine rings is 1. The molecule has 1 aliphatic heterocycles. The number of methoxy groups -OCH3 is 1. The summed E-state index contributed by atoms with van der Waals surface area (Å²) in [5.74, 6) is 0.833. The van der Waals surface area contributed by atoms with Gasteiger partial charge in [-0.2, -0.15) is 5.10 Å². The molecular weight excluding hydrogens is 416 g/mol. The van der Waals surface area contributed by atoms with Crippen molar-refractivity contribution in [3.8, 4) is 5.75 Å². The van der Waals surface area contributed by atoms with Gasteiger partial charge in [0.05, 0.1) is 26.0 Å². The molecule has 0 radical (unpaired) electrons. The summed E-state index contributed by atoms with van der Waals surface area (Å²) < 4.78 is 11.4. The molecule has 2 aliphatic rings. The van der Waals surface area contributed by atoms with E-state index in [2.05, 4.69) is 16.3 Å². The second-order valence-corrected chi connectivity index (χ2v) is 8.78. The summed E-state index contributed by atoms with van der Waals surface area (Å²) in [6, 6.07) is 14.0. The molecule has 33 heavy (non-hydrogen) atoms. The summed E-state index contributed by atoms with van der Waals surface area (Å²) in [7, 11) is 1.67. The van der Waals surface area contributed by atoms with Crippen molar-refractivity contribution in [3.05, 3.63) is 76.4 Å². The van der Waals surface area contributed by atoms with Crippen LogP contribution in [0.1, 0.15) is 64.1 Å². The number of fused-ring (bicyclic) bond motifs is 1. The molecule has 7 nitrogen and oxygen atoms in total. The Hall–Kier alpha value is -3.19.